The second kappa shape index (κ2) is 8.77. The Kier molecular flexibility index (Phi) is 6.39. The van der Waals surface area contributed by atoms with Gasteiger partial charge in [-0.05, 0) is 32.2 Å². The summed E-state index contributed by atoms with van der Waals surface area (Å²) in [5, 5.41) is 9.34. The van der Waals surface area contributed by atoms with Gasteiger partial charge in [-0.2, -0.15) is 0 Å². The largest absolute Gasteiger partial charge is 0.491 e. The maximum atomic E-state index is 13.4. The summed E-state index contributed by atoms with van der Waals surface area (Å²) in [7, 11) is 1.30. The number of aromatic carboxylic acids is 1. The van der Waals surface area contributed by atoms with E-state index in [0.29, 0.717) is 13.1 Å². The maximum Gasteiger partial charge on any atom is 0.341 e. The summed E-state index contributed by atoms with van der Waals surface area (Å²) in [6.45, 7) is 1.16. The summed E-state index contributed by atoms with van der Waals surface area (Å²) >= 11 is 0. The molecule has 0 aliphatic carbocycles. The lowest BCUT2D eigenvalue weighted by Crippen LogP contribution is -2.53. The molecule has 28 heavy (non-hydrogen) atoms. The number of hydrogen-bond acceptors (Lipinski definition) is 5. The molecule has 1 saturated heterocycles. The highest BCUT2D eigenvalue weighted by molar-refractivity contribution is 5.98. The van der Waals surface area contributed by atoms with Gasteiger partial charge in [0.1, 0.15) is 5.56 Å². The number of carboxylic acid groups (broad SMARTS) is 1. The third-order valence-corrected chi connectivity index (χ3v) is 5.87. The molecule has 8 heteroatoms. The van der Waals surface area contributed by atoms with Crippen LogP contribution in [0.25, 0.3) is 0 Å². The number of nitrogens with zero attached hydrogens (tertiary/aromatic N) is 2. The van der Waals surface area contributed by atoms with Crippen molar-refractivity contribution >= 4 is 11.9 Å². The SMILES string of the molecule is COc1c2n(cc(C(=O)O)c1=O)CC1CCCCC(CCCCCN)N1C2=O. The van der Waals surface area contributed by atoms with Gasteiger partial charge >= 0.3 is 5.97 Å². The Morgan fingerprint density at radius 1 is 1.25 bits per heavy atom. The van der Waals surface area contributed by atoms with E-state index in [0.717, 1.165) is 51.4 Å². The fourth-order valence-corrected chi connectivity index (χ4v) is 4.53. The standard InChI is InChI=1S/C20H29N3O5/c1-28-18-16-19(25)23-13(7-3-2-6-10-21)8-4-5-9-14(23)11-22(16)12-15(17(18)24)20(26)27/h12-14H,2-11,21H2,1H3,(H,26,27). The van der Waals surface area contributed by atoms with Crippen molar-refractivity contribution in [1.29, 1.82) is 0 Å². The fourth-order valence-electron chi connectivity index (χ4n) is 4.53. The number of unbranched alkanes of at least 4 members (excludes halogenated alkanes) is 2. The molecule has 1 fully saturated rings. The molecule has 3 rings (SSSR count). The highest BCUT2D eigenvalue weighted by Gasteiger charge is 2.40. The number of ether oxygens (including phenoxy) is 1. The van der Waals surface area contributed by atoms with Crippen LogP contribution in [0, 0.1) is 0 Å². The number of carboxylic acids is 1. The van der Waals surface area contributed by atoms with Gasteiger partial charge in [0.25, 0.3) is 5.91 Å². The van der Waals surface area contributed by atoms with E-state index in [9.17, 15) is 19.5 Å². The molecule has 0 aromatic carbocycles. The molecule has 2 unspecified atom stereocenters. The van der Waals surface area contributed by atoms with Gasteiger partial charge in [-0.15, -0.1) is 0 Å². The zero-order valence-corrected chi connectivity index (χ0v) is 16.4. The molecule has 0 spiro atoms. The number of fused-ring (bicyclic) bond motifs is 2. The highest BCUT2D eigenvalue weighted by atomic mass is 16.5. The number of carbonyl (C=O) groups excluding carboxylic acids is 1. The second-order valence-electron chi connectivity index (χ2n) is 7.65. The number of methoxy groups -OCH3 is 1. The van der Waals surface area contributed by atoms with Crippen molar-refractivity contribution in [3.63, 3.8) is 0 Å². The number of aromatic nitrogens is 1. The van der Waals surface area contributed by atoms with E-state index in [1.54, 1.807) is 4.57 Å². The Bertz CT molecular complexity index is 804. The molecular weight excluding hydrogens is 362 g/mol. The normalized spacial score (nSPS) is 21.6. The first kappa shape index (κ1) is 20.4. The first-order valence-corrected chi connectivity index (χ1v) is 10.1. The smallest absolute Gasteiger partial charge is 0.341 e. The van der Waals surface area contributed by atoms with Gasteiger partial charge in [-0.3, -0.25) is 9.59 Å². The van der Waals surface area contributed by atoms with E-state index < -0.39 is 11.4 Å². The summed E-state index contributed by atoms with van der Waals surface area (Å²) < 4.78 is 6.81. The van der Waals surface area contributed by atoms with Crippen LogP contribution in [0.1, 0.15) is 72.2 Å². The molecule has 1 aromatic heterocycles. The van der Waals surface area contributed by atoms with Gasteiger partial charge in [0.2, 0.25) is 5.43 Å². The van der Waals surface area contributed by atoms with Gasteiger partial charge in [-0.25, -0.2) is 4.79 Å². The van der Waals surface area contributed by atoms with Gasteiger partial charge in [0.05, 0.1) is 13.2 Å². The third-order valence-electron chi connectivity index (χ3n) is 5.87. The van der Waals surface area contributed by atoms with Crippen molar-refractivity contribution in [3.05, 3.63) is 27.7 Å². The Morgan fingerprint density at radius 2 is 2.00 bits per heavy atom. The number of nitrogens with two attached hydrogens (primary N) is 1. The zero-order chi connectivity index (χ0) is 20.3. The van der Waals surface area contributed by atoms with Crippen LogP contribution in [0.4, 0.5) is 0 Å². The molecule has 2 aliphatic heterocycles. The lowest BCUT2D eigenvalue weighted by atomic mass is 9.99. The molecule has 0 radical (unpaired) electrons. The van der Waals surface area contributed by atoms with Gasteiger partial charge in [0, 0.05) is 18.8 Å². The molecule has 3 heterocycles. The predicted octanol–water partition coefficient (Wildman–Crippen LogP) is 1.84. The minimum absolute atomic E-state index is 0.0101. The van der Waals surface area contributed by atoms with E-state index in [2.05, 4.69) is 0 Å². The molecule has 1 amide bonds. The van der Waals surface area contributed by atoms with E-state index in [-0.39, 0.29) is 35.0 Å². The van der Waals surface area contributed by atoms with Gasteiger partial charge in [0.15, 0.2) is 11.4 Å². The Hall–Kier alpha value is -2.35. The summed E-state index contributed by atoms with van der Waals surface area (Å²) in [5.41, 5.74) is 4.64. The van der Waals surface area contributed by atoms with Crippen molar-refractivity contribution in [2.45, 2.75) is 70.0 Å². The van der Waals surface area contributed by atoms with Crippen LogP contribution in [-0.4, -0.2) is 52.2 Å². The van der Waals surface area contributed by atoms with Crippen molar-refractivity contribution in [2.24, 2.45) is 5.73 Å². The van der Waals surface area contributed by atoms with Crippen LogP contribution in [0.15, 0.2) is 11.0 Å². The second-order valence-corrected chi connectivity index (χ2v) is 7.65. The third kappa shape index (κ3) is 3.78. The Labute approximate surface area is 164 Å². The lowest BCUT2D eigenvalue weighted by molar-refractivity contribution is 0.0447. The minimum atomic E-state index is -1.31. The zero-order valence-electron chi connectivity index (χ0n) is 16.4. The average molecular weight is 391 g/mol. The molecule has 1 aromatic rings. The van der Waals surface area contributed by atoms with Crippen LogP contribution >= 0.6 is 0 Å². The van der Waals surface area contributed by atoms with E-state index in [1.807, 2.05) is 4.90 Å². The quantitative estimate of drug-likeness (QED) is 0.686. The summed E-state index contributed by atoms with van der Waals surface area (Å²) in [6.07, 6.45) is 9.17. The summed E-state index contributed by atoms with van der Waals surface area (Å²) in [6, 6.07) is 0.140. The molecular formula is C20H29N3O5. The Balaban J connectivity index is 1.98. The molecule has 154 valence electrons. The van der Waals surface area contributed by atoms with Crippen molar-refractivity contribution in [3.8, 4) is 5.75 Å². The monoisotopic (exact) mass is 391 g/mol. The molecule has 3 N–H and O–H groups in total. The van der Waals surface area contributed by atoms with Crippen molar-refractivity contribution in [1.82, 2.24) is 9.47 Å². The van der Waals surface area contributed by atoms with Gasteiger partial charge < -0.3 is 25.0 Å². The summed E-state index contributed by atoms with van der Waals surface area (Å²) in [5.74, 6) is -1.71. The van der Waals surface area contributed by atoms with Crippen molar-refractivity contribution < 1.29 is 19.4 Å². The predicted molar refractivity (Wildman–Crippen MR) is 104 cm³/mol. The molecule has 2 atom stereocenters. The van der Waals surface area contributed by atoms with Crippen LogP contribution < -0.4 is 15.9 Å². The number of rotatable bonds is 7. The summed E-state index contributed by atoms with van der Waals surface area (Å²) in [4.78, 5) is 39.3. The number of amides is 1. The Morgan fingerprint density at radius 3 is 2.68 bits per heavy atom. The lowest BCUT2D eigenvalue weighted by Gasteiger charge is -2.41. The fraction of sp³-hybridized carbons (Fsp3) is 0.650. The van der Waals surface area contributed by atoms with Crippen LogP contribution in [0.3, 0.4) is 0 Å². The average Bonchev–Trinajstić information content (AvgIpc) is 2.87. The maximum absolute atomic E-state index is 13.4. The van der Waals surface area contributed by atoms with E-state index >= 15 is 0 Å². The number of pyridine rings is 1. The molecule has 0 saturated carbocycles. The number of hydrogen-bond donors (Lipinski definition) is 2. The molecule has 2 aliphatic rings. The van der Waals surface area contributed by atoms with E-state index in [1.165, 1.54) is 13.3 Å². The van der Waals surface area contributed by atoms with Crippen LogP contribution in [0.2, 0.25) is 0 Å². The number of carbonyl (C=O) groups is 2. The van der Waals surface area contributed by atoms with Gasteiger partial charge in [-0.1, -0.05) is 25.7 Å². The molecule has 8 nitrogen and oxygen atoms in total. The first-order valence-electron chi connectivity index (χ1n) is 10.1. The van der Waals surface area contributed by atoms with Crippen molar-refractivity contribution in [2.75, 3.05) is 13.7 Å². The minimum Gasteiger partial charge on any atom is -0.491 e. The highest BCUT2D eigenvalue weighted by Crippen LogP contribution is 2.33. The first-order chi connectivity index (χ1) is 13.5. The van der Waals surface area contributed by atoms with Crippen LogP contribution in [0.5, 0.6) is 5.75 Å². The van der Waals surface area contributed by atoms with E-state index in [4.69, 9.17) is 10.5 Å². The van der Waals surface area contributed by atoms with Crippen LogP contribution in [-0.2, 0) is 6.54 Å². The topological polar surface area (TPSA) is 115 Å². The molecule has 0 bridgehead atoms.